The third kappa shape index (κ3) is 14.0. The molecule has 1 aromatic heterocycles. The highest BCUT2D eigenvalue weighted by molar-refractivity contribution is 7.92. The largest absolute Gasteiger partial charge is 0.481 e. The Morgan fingerprint density at radius 3 is 2.20 bits per heavy atom. The average Bonchev–Trinajstić information content (AvgIpc) is 2.92. The summed E-state index contributed by atoms with van der Waals surface area (Å²) >= 11 is 0. The summed E-state index contributed by atoms with van der Waals surface area (Å²) in [6.07, 6.45) is 1.82. The van der Waals surface area contributed by atoms with Crippen LogP contribution in [-0.2, 0) is 19.6 Å². The fourth-order valence-electron chi connectivity index (χ4n) is 3.69. The lowest BCUT2D eigenvalue weighted by atomic mass is 9.97. The molecular formula is C28H42FN7O8S. The van der Waals surface area contributed by atoms with Crippen LogP contribution in [0.4, 0.5) is 10.3 Å². The topological polar surface area (TPSA) is 269 Å². The second-order valence-corrected chi connectivity index (χ2v) is 12.4. The van der Waals surface area contributed by atoms with Crippen LogP contribution >= 0.6 is 0 Å². The van der Waals surface area contributed by atoms with Gasteiger partial charge in [0.05, 0.1) is 36.3 Å². The molecule has 0 unspecified atom stereocenters. The average molecular weight is 656 g/mol. The zero-order valence-electron chi connectivity index (χ0n) is 25.5. The van der Waals surface area contributed by atoms with Crippen LogP contribution in [-0.4, -0.2) is 94.8 Å². The smallest absolute Gasteiger partial charge is 0.320 e. The van der Waals surface area contributed by atoms with Gasteiger partial charge in [0, 0.05) is 31.1 Å². The van der Waals surface area contributed by atoms with Gasteiger partial charge in [-0.3, -0.25) is 14.6 Å². The number of carbonyl (C=O) groups is 2. The Labute approximate surface area is 261 Å². The molecule has 3 atom stereocenters. The summed E-state index contributed by atoms with van der Waals surface area (Å²) in [5.74, 6) is -2.86. The molecule has 0 fully saturated rings. The number of sulfonamides is 1. The fourth-order valence-corrected chi connectivity index (χ4v) is 4.07. The van der Waals surface area contributed by atoms with Crippen LogP contribution in [0.25, 0.3) is 17.3 Å². The number of carboxylic acids is 2. The third-order valence-corrected chi connectivity index (χ3v) is 7.26. The first-order valence-corrected chi connectivity index (χ1v) is 15.6. The van der Waals surface area contributed by atoms with Gasteiger partial charge >= 0.3 is 11.9 Å². The van der Waals surface area contributed by atoms with Gasteiger partial charge in [-0.05, 0) is 43.0 Å². The molecule has 0 saturated heterocycles. The number of aliphatic carboxylic acids is 2. The van der Waals surface area contributed by atoms with E-state index in [0.29, 0.717) is 41.9 Å². The van der Waals surface area contributed by atoms with Crippen molar-refractivity contribution < 1.29 is 42.8 Å². The first-order chi connectivity index (χ1) is 20.8. The molecule has 2 rings (SSSR count). The van der Waals surface area contributed by atoms with Crippen LogP contribution in [0.1, 0.15) is 56.7 Å². The van der Waals surface area contributed by atoms with E-state index in [2.05, 4.69) is 15.0 Å². The maximum atomic E-state index is 13.5. The predicted molar refractivity (Wildman–Crippen MR) is 168 cm³/mol. The molecule has 0 radical (unpaired) electrons. The lowest BCUT2D eigenvalue weighted by molar-refractivity contribution is -0.140. The monoisotopic (exact) mass is 655 g/mol. The van der Waals surface area contributed by atoms with Crippen LogP contribution in [0.5, 0.6) is 0 Å². The van der Waals surface area contributed by atoms with Crippen molar-refractivity contribution in [2.45, 2.75) is 63.7 Å². The van der Waals surface area contributed by atoms with Crippen molar-refractivity contribution >= 4 is 39.9 Å². The summed E-state index contributed by atoms with van der Waals surface area (Å²) in [5.41, 5.74) is 17.1. The number of rotatable bonds is 15. The van der Waals surface area contributed by atoms with E-state index in [-0.39, 0.29) is 24.2 Å². The summed E-state index contributed by atoms with van der Waals surface area (Å²) in [7, 11) is -2.33. The van der Waals surface area contributed by atoms with E-state index in [4.69, 9.17) is 27.4 Å². The summed E-state index contributed by atoms with van der Waals surface area (Å²) in [5, 5.41) is 37.2. The number of aliphatic hydroxyl groups is 2. The number of aliphatic hydroxyl groups excluding tert-OH is 2. The Hall–Kier alpha value is -4.19. The molecular weight excluding hydrogens is 613 g/mol. The van der Waals surface area contributed by atoms with Crippen LogP contribution in [0.3, 0.4) is 0 Å². The van der Waals surface area contributed by atoms with Crippen molar-refractivity contribution in [3.63, 3.8) is 0 Å². The Bertz CT molecular complexity index is 1450. The van der Waals surface area contributed by atoms with Crippen molar-refractivity contribution in [3.05, 3.63) is 47.4 Å². The molecule has 17 heteroatoms. The van der Waals surface area contributed by atoms with Crippen molar-refractivity contribution in [2.24, 2.45) is 22.2 Å². The molecule has 0 amide bonds. The quantitative estimate of drug-likeness (QED) is 0.0798. The summed E-state index contributed by atoms with van der Waals surface area (Å²) in [6.45, 7) is 4.13. The number of anilines is 1. The van der Waals surface area contributed by atoms with E-state index in [9.17, 15) is 32.6 Å². The lowest BCUT2D eigenvalue weighted by Crippen LogP contribution is -2.30. The number of nitrogens with two attached hydrogens (primary N) is 3. The van der Waals surface area contributed by atoms with E-state index in [0.717, 1.165) is 10.6 Å². The van der Waals surface area contributed by atoms with Crippen LogP contribution < -0.4 is 21.5 Å². The normalized spacial score (nSPS) is 13.4. The Morgan fingerprint density at radius 2 is 1.71 bits per heavy atom. The van der Waals surface area contributed by atoms with E-state index in [1.54, 1.807) is 0 Å². The number of carboxylic acid groups (broad SMARTS) is 2. The van der Waals surface area contributed by atoms with E-state index < -0.39 is 52.4 Å². The second kappa shape index (κ2) is 17.9. The summed E-state index contributed by atoms with van der Waals surface area (Å²) < 4.78 is 38.6. The standard InChI is InChI=1S/C22H28FN3O6S.C6H14N4O2/c1-13(2)20-18(10-9-16(27)11-17(28)12-19(29)30)21(14-5-7-15(23)8-6-14)25-22(24-20)26(3)33(4,31)32;7-4(5(11)12)2-1-3-10-6(8)9/h5-10,13,16-17,27-28H,11-12H2,1-4H3,(H,29,30);4H,1-3,7H2,(H,11,12)(H4,8,9,10)/b10-9+;/t16-,17-;4-/m10/s1. The van der Waals surface area contributed by atoms with Gasteiger partial charge in [-0.1, -0.05) is 26.0 Å². The number of benzene rings is 1. The minimum absolute atomic E-state index is 0.0129. The minimum atomic E-state index is -3.65. The molecule has 0 aliphatic rings. The van der Waals surface area contributed by atoms with Gasteiger partial charge in [0.15, 0.2) is 5.96 Å². The number of aromatic nitrogens is 2. The molecule has 15 nitrogen and oxygen atoms in total. The molecule has 250 valence electrons. The van der Waals surface area contributed by atoms with Gasteiger partial charge < -0.3 is 37.6 Å². The molecule has 2 aromatic rings. The number of aliphatic imine (C=N–C) groups is 1. The maximum Gasteiger partial charge on any atom is 0.320 e. The van der Waals surface area contributed by atoms with Gasteiger partial charge in [-0.25, -0.2) is 27.1 Å². The molecule has 0 spiro atoms. The first-order valence-electron chi connectivity index (χ1n) is 13.7. The zero-order chi connectivity index (χ0) is 34.5. The molecule has 0 aliphatic carbocycles. The number of hydrogen-bond acceptors (Lipinski definition) is 10. The van der Waals surface area contributed by atoms with E-state index >= 15 is 0 Å². The van der Waals surface area contributed by atoms with Crippen molar-refractivity contribution in [3.8, 4) is 11.3 Å². The summed E-state index contributed by atoms with van der Waals surface area (Å²) in [4.78, 5) is 33.5. The van der Waals surface area contributed by atoms with Crippen molar-refractivity contribution in [1.82, 2.24) is 9.97 Å². The number of halogens is 1. The highest BCUT2D eigenvalue weighted by Gasteiger charge is 2.22. The Kier molecular flexibility index (Phi) is 15.5. The molecule has 0 bridgehead atoms. The second-order valence-electron chi connectivity index (χ2n) is 10.4. The SMILES string of the molecule is CC(C)c1nc(N(C)S(C)(=O)=O)nc(-c2ccc(F)cc2)c1/C=C/[C@@H](O)C[C@@H](O)CC(=O)O.NC(N)=NCCC[C@H](N)C(=O)O. The van der Waals surface area contributed by atoms with Gasteiger partial charge in [-0.15, -0.1) is 0 Å². The fraction of sp³-hybridized carbons (Fsp3) is 0.464. The molecule has 1 heterocycles. The van der Waals surface area contributed by atoms with Crippen molar-refractivity contribution in [1.29, 1.82) is 0 Å². The van der Waals surface area contributed by atoms with Gasteiger partial charge in [0.2, 0.25) is 16.0 Å². The van der Waals surface area contributed by atoms with E-state index in [1.807, 2.05) is 13.8 Å². The summed E-state index contributed by atoms with van der Waals surface area (Å²) in [6, 6.07) is 4.67. The molecule has 10 N–H and O–H groups in total. The zero-order valence-corrected chi connectivity index (χ0v) is 26.4. The molecule has 1 aromatic carbocycles. The third-order valence-electron chi connectivity index (χ3n) is 6.10. The van der Waals surface area contributed by atoms with E-state index in [1.165, 1.54) is 43.5 Å². The minimum Gasteiger partial charge on any atom is -0.481 e. The number of nitrogens with zero attached hydrogens (tertiary/aromatic N) is 4. The van der Waals surface area contributed by atoms with Crippen LogP contribution in [0.15, 0.2) is 35.3 Å². The Balaban J connectivity index is 0.000000712. The van der Waals surface area contributed by atoms with Gasteiger partial charge in [0.25, 0.3) is 0 Å². The molecule has 0 saturated carbocycles. The van der Waals surface area contributed by atoms with Crippen molar-refractivity contribution in [2.75, 3.05) is 24.2 Å². The molecule has 45 heavy (non-hydrogen) atoms. The maximum absolute atomic E-state index is 13.5. The van der Waals surface area contributed by atoms with Crippen LogP contribution in [0, 0.1) is 5.82 Å². The first kappa shape index (κ1) is 38.8. The van der Waals surface area contributed by atoms with Gasteiger partial charge in [-0.2, -0.15) is 0 Å². The Morgan fingerprint density at radius 1 is 1.11 bits per heavy atom. The highest BCUT2D eigenvalue weighted by Crippen LogP contribution is 2.31. The van der Waals surface area contributed by atoms with Gasteiger partial charge in [0.1, 0.15) is 11.9 Å². The lowest BCUT2D eigenvalue weighted by Gasteiger charge is -2.20. The molecule has 0 aliphatic heterocycles. The number of hydrogen-bond donors (Lipinski definition) is 7. The predicted octanol–water partition coefficient (Wildman–Crippen LogP) is 0.854. The highest BCUT2D eigenvalue weighted by atomic mass is 32.2. The van der Waals surface area contributed by atoms with Crippen LogP contribution in [0.2, 0.25) is 0 Å². The number of guanidine groups is 1.